The summed E-state index contributed by atoms with van der Waals surface area (Å²) in [6, 6.07) is 5.54. The molecule has 0 saturated heterocycles. The minimum Gasteiger partial charge on any atom is -0.477 e. The van der Waals surface area contributed by atoms with E-state index in [0.29, 0.717) is 36.3 Å². The lowest BCUT2D eigenvalue weighted by Gasteiger charge is -2.17. The number of nitrogens with zero attached hydrogens (tertiary/aromatic N) is 4. The van der Waals surface area contributed by atoms with Crippen molar-refractivity contribution in [2.24, 2.45) is 0 Å². The lowest BCUT2D eigenvalue weighted by molar-refractivity contribution is -0.192. The van der Waals surface area contributed by atoms with Gasteiger partial charge >= 0.3 is 18.1 Å². The third kappa shape index (κ3) is 7.75. The van der Waals surface area contributed by atoms with Crippen molar-refractivity contribution in [1.82, 2.24) is 19.9 Å². The van der Waals surface area contributed by atoms with E-state index in [2.05, 4.69) is 10.3 Å². The number of carbonyl (C=O) groups is 3. The fourth-order valence-electron chi connectivity index (χ4n) is 2.62. The molecule has 9 nitrogen and oxygen atoms in total. The van der Waals surface area contributed by atoms with Crippen molar-refractivity contribution in [3.63, 3.8) is 0 Å². The molecule has 2 aromatic heterocycles. The van der Waals surface area contributed by atoms with E-state index in [1.807, 2.05) is 0 Å². The summed E-state index contributed by atoms with van der Waals surface area (Å²) in [6.07, 6.45) is -2.21. The maximum atomic E-state index is 13.2. The second-order valence-corrected chi connectivity index (χ2v) is 8.18. The number of aromatic carboxylic acids is 1. The van der Waals surface area contributed by atoms with Crippen LogP contribution in [0.5, 0.6) is 0 Å². The van der Waals surface area contributed by atoms with Gasteiger partial charge in [0.25, 0.3) is 5.91 Å². The highest BCUT2D eigenvalue weighted by molar-refractivity contribution is 7.12. The number of aromatic nitrogens is 3. The molecule has 0 saturated carbocycles. The maximum Gasteiger partial charge on any atom is 0.490 e. The zero-order chi connectivity index (χ0) is 26.3. The lowest BCUT2D eigenvalue weighted by atomic mass is 10.2. The molecule has 35 heavy (non-hydrogen) atoms. The molecular weight excluding hydrogens is 520 g/mol. The molecule has 3 aromatic rings. The van der Waals surface area contributed by atoms with E-state index in [1.165, 1.54) is 21.7 Å². The molecular formula is C20H17ClF4N4O5S. The van der Waals surface area contributed by atoms with Crippen LogP contribution < -0.4 is 0 Å². The van der Waals surface area contributed by atoms with Crippen molar-refractivity contribution < 1.29 is 42.2 Å². The van der Waals surface area contributed by atoms with Crippen LogP contribution in [0.15, 0.2) is 35.8 Å². The van der Waals surface area contributed by atoms with Crippen molar-refractivity contribution in [2.45, 2.75) is 19.0 Å². The molecule has 0 aliphatic carbocycles. The molecule has 188 valence electrons. The van der Waals surface area contributed by atoms with Crippen LogP contribution in [0.3, 0.4) is 0 Å². The molecule has 1 aromatic carbocycles. The molecule has 1 amide bonds. The zero-order valence-corrected chi connectivity index (χ0v) is 19.4. The lowest BCUT2D eigenvalue weighted by Crippen LogP contribution is -2.28. The van der Waals surface area contributed by atoms with Gasteiger partial charge in [0, 0.05) is 19.2 Å². The molecule has 0 unspecified atom stereocenters. The Morgan fingerprint density at radius 1 is 1.20 bits per heavy atom. The summed E-state index contributed by atoms with van der Waals surface area (Å²) in [6.45, 7) is 0.458. The van der Waals surface area contributed by atoms with Crippen LogP contribution >= 0.6 is 22.9 Å². The monoisotopic (exact) mass is 536 g/mol. The topological polar surface area (TPSA) is 126 Å². The number of amides is 1. The Labute approximate surface area is 204 Å². The number of benzene rings is 1. The van der Waals surface area contributed by atoms with Gasteiger partial charge in [-0.15, -0.1) is 16.4 Å². The molecule has 0 fully saturated rings. The molecule has 0 atom stereocenters. The van der Waals surface area contributed by atoms with E-state index < -0.39 is 23.9 Å². The fourth-order valence-corrected chi connectivity index (χ4v) is 3.52. The highest BCUT2D eigenvalue weighted by Gasteiger charge is 2.38. The summed E-state index contributed by atoms with van der Waals surface area (Å²) in [5.74, 6) is -4.59. The molecule has 2 heterocycles. The quantitative estimate of drug-likeness (QED) is 0.434. The first-order valence-electron chi connectivity index (χ1n) is 9.54. The highest BCUT2D eigenvalue weighted by Crippen LogP contribution is 2.21. The smallest absolute Gasteiger partial charge is 0.477 e. The van der Waals surface area contributed by atoms with Gasteiger partial charge in [-0.1, -0.05) is 16.8 Å². The Balaban J connectivity index is 0.000000540. The number of aliphatic carboxylic acids is 1. The standard InChI is InChI=1S/C18H16ClFN4O3S.C2HF3O2/c1-23(17(25)11-4-5-14(20)13(19)9-11)7-2-3-12-10-24(22-21-12)15-6-8-28-16(15)18(26)27;3-2(4,5)1(6)7/h4-6,8-10H,2-3,7H2,1H3,(H,26,27);(H,6,7). The molecule has 0 spiro atoms. The average Bonchev–Trinajstić information content (AvgIpc) is 3.44. The van der Waals surface area contributed by atoms with E-state index in [0.717, 1.165) is 17.4 Å². The number of thiophene rings is 1. The summed E-state index contributed by atoms with van der Waals surface area (Å²) >= 11 is 6.84. The van der Waals surface area contributed by atoms with Gasteiger partial charge in [0.05, 0.1) is 22.6 Å². The maximum absolute atomic E-state index is 13.2. The van der Waals surface area contributed by atoms with Crippen LogP contribution in [0.1, 0.15) is 32.1 Å². The minimum atomic E-state index is -5.08. The van der Waals surface area contributed by atoms with Gasteiger partial charge in [0.2, 0.25) is 0 Å². The Kier molecular flexibility index (Phi) is 9.31. The van der Waals surface area contributed by atoms with Crippen LogP contribution in [0, 0.1) is 5.82 Å². The number of alkyl halides is 3. The Morgan fingerprint density at radius 3 is 2.43 bits per heavy atom. The first kappa shape index (κ1) is 27.7. The molecule has 3 rings (SSSR count). The van der Waals surface area contributed by atoms with Gasteiger partial charge < -0.3 is 15.1 Å². The fraction of sp³-hybridized carbons (Fsp3) is 0.250. The number of carboxylic acid groups (broad SMARTS) is 2. The number of hydrogen-bond donors (Lipinski definition) is 2. The summed E-state index contributed by atoms with van der Waals surface area (Å²) < 4.78 is 46.4. The third-order valence-electron chi connectivity index (χ3n) is 4.31. The number of carboxylic acids is 2. The number of rotatable bonds is 7. The van der Waals surface area contributed by atoms with Crippen molar-refractivity contribution in [2.75, 3.05) is 13.6 Å². The van der Waals surface area contributed by atoms with Crippen LogP contribution in [0.25, 0.3) is 5.69 Å². The number of hydrogen-bond acceptors (Lipinski definition) is 6. The second-order valence-electron chi connectivity index (χ2n) is 6.86. The predicted molar refractivity (Wildman–Crippen MR) is 117 cm³/mol. The van der Waals surface area contributed by atoms with Gasteiger partial charge in [-0.05, 0) is 42.5 Å². The molecule has 0 aliphatic rings. The SMILES string of the molecule is CN(CCCc1cn(-c2ccsc2C(=O)O)nn1)C(=O)c1ccc(F)c(Cl)c1.O=C(O)C(F)(F)F. The largest absolute Gasteiger partial charge is 0.490 e. The predicted octanol–water partition coefficient (Wildman–Crippen LogP) is 4.16. The van der Waals surface area contributed by atoms with Crippen molar-refractivity contribution in [3.05, 3.63) is 62.8 Å². The van der Waals surface area contributed by atoms with Gasteiger partial charge in [-0.2, -0.15) is 13.2 Å². The van der Waals surface area contributed by atoms with Crippen LogP contribution in [0.4, 0.5) is 17.6 Å². The van der Waals surface area contributed by atoms with E-state index in [-0.39, 0.29) is 15.8 Å². The van der Waals surface area contributed by atoms with E-state index in [9.17, 15) is 32.3 Å². The van der Waals surface area contributed by atoms with E-state index in [1.54, 1.807) is 24.7 Å². The number of carbonyl (C=O) groups excluding carboxylic acids is 1. The average molecular weight is 537 g/mol. The third-order valence-corrected chi connectivity index (χ3v) is 5.49. The normalized spacial score (nSPS) is 10.9. The van der Waals surface area contributed by atoms with Gasteiger partial charge in [-0.25, -0.2) is 18.7 Å². The molecule has 0 radical (unpaired) electrons. The Morgan fingerprint density at radius 2 is 1.86 bits per heavy atom. The first-order chi connectivity index (χ1) is 16.3. The zero-order valence-electron chi connectivity index (χ0n) is 17.8. The Bertz CT molecular complexity index is 1210. The van der Waals surface area contributed by atoms with Gasteiger partial charge in [0.1, 0.15) is 10.7 Å². The molecule has 15 heteroatoms. The number of aryl methyl sites for hydroxylation is 1. The van der Waals surface area contributed by atoms with Crippen molar-refractivity contribution in [3.8, 4) is 5.69 Å². The van der Waals surface area contributed by atoms with Crippen molar-refractivity contribution >= 4 is 40.8 Å². The number of halogens is 5. The first-order valence-corrected chi connectivity index (χ1v) is 10.8. The van der Waals surface area contributed by atoms with Crippen LogP contribution in [-0.4, -0.2) is 67.7 Å². The van der Waals surface area contributed by atoms with Gasteiger partial charge in [-0.3, -0.25) is 4.79 Å². The van der Waals surface area contributed by atoms with Gasteiger partial charge in [0.15, 0.2) is 0 Å². The summed E-state index contributed by atoms with van der Waals surface area (Å²) in [7, 11) is 1.65. The molecule has 0 bridgehead atoms. The minimum absolute atomic E-state index is 0.0926. The van der Waals surface area contributed by atoms with Crippen LogP contribution in [-0.2, 0) is 11.2 Å². The molecule has 2 N–H and O–H groups in total. The summed E-state index contributed by atoms with van der Waals surface area (Å²) in [4.78, 5) is 34.2. The second kappa shape index (κ2) is 11.8. The van der Waals surface area contributed by atoms with E-state index in [4.69, 9.17) is 21.5 Å². The Hall–Kier alpha value is -3.52. The molecule has 0 aliphatic heterocycles. The highest BCUT2D eigenvalue weighted by atomic mass is 35.5. The van der Waals surface area contributed by atoms with Crippen LogP contribution in [0.2, 0.25) is 5.02 Å². The van der Waals surface area contributed by atoms with Crippen molar-refractivity contribution in [1.29, 1.82) is 0 Å². The summed E-state index contributed by atoms with van der Waals surface area (Å²) in [5.41, 5.74) is 1.48. The van der Waals surface area contributed by atoms with E-state index >= 15 is 0 Å². The summed E-state index contributed by atoms with van der Waals surface area (Å²) in [5, 5.41) is 25.9.